The van der Waals surface area contributed by atoms with E-state index in [0.717, 1.165) is 13.1 Å². The summed E-state index contributed by atoms with van der Waals surface area (Å²) in [6, 6.07) is 2.16. The molecule has 2 aliphatic rings. The zero-order valence-electron chi connectivity index (χ0n) is 7.70. The molecule has 2 fully saturated rings. The maximum absolute atomic E-state index is 13.2. The van der Waals surface area contributed by atoms with E-state index in [0.29, 0.717) is 23.6 Å². The lowest BCUT2D eigenvalue weighted by molar-refractivity contribution is 0.619. The van der Waals surface area contributed by atoms with Gasteiger partial charge in [0.2, 0.25) is 0 Å². The molecule has 1 aliphatic heterocycles. The number of anilines is 1. The van der Waals surface area contributed by atoms with Gasteiger partial charge in [0.1, 0.15) is 0 Å². The summed E-state index contributed by atoms with van der Waals surface area (Å²) in [5.41, 5.74) is 0.583. The third-order valence-corrected chi connectivity index (χ3v) is 3.19. The summed E-state index contributed by atoms with van der Waals surface area (Å²) < 4.78 is 13.2. The summed E-state index contributed by atoms with van der Waals surface area (Å²) in [4.78, 5) is 3.72. The van der Waals surface area contributed by atoms with Gasteiger partial charge in [0, 0.05) is 25.3 Å². The van der Waals surface area contributed by atoms with Crippen molar-refractivity contribution in [2.24, 2.45) is 11.8 Å². The van der Waals surface area contributed by atoms with E-state index in [4.69, 9.17) is 0 Å². The van der Waals surface area contributed by atoms with Crippen LogP contribution in [-0.4, -0.2) is 24.1 Å². The first-order valence-electron chi connectivity index (χ1n) is 4.93. The maximum atomic E-state index is 13.2. The van der Waals surface area contributed by atoms with Crippen LogP contribution in [0.15, 0.2) is 18.5 Å². The predicted molar refractivity (Wildman–Crippen MR) is 51.5 cm³/mol. The van der Waals surface area contributed by atoms with E-state index in [2.05, 4.69) is 15.6 Å². The van der Waals surface area contributed by atoms with Crippen LogP contribution in [0.25, 0.3) is 0 Å². The van der Waals surface area contributed by atoms with E-state index in [1.165, 1.54) is 6.20 Å². The third kappa shape index (κ3) is 1.18. The molecule has 74 valence electrons. The van der Waals surface area contributed by atoms with Gasteiger partial charge in [0.05, 0.1) is 11.9 Å². The van der Waals surface area contributed by atoms with Gasteiger partial charge in [-0.05, 0) is 17.9 Å². The van der Waals surface area contributed by atoms with Gasteiger partial charge < -0.3 is 10.6 Å². The zero-order chi connectivity index (χ0) is 9.54. The van der Waals surface area contributed by atoms with Crippen LogP contribution in [-0.2, 0) is 0 Å². The number of nitrogens with zero attached hydrogens (tertiary/aromatic N) is 1. The van der Waals surface area contributed by atoms with Gasteiger partial charge >= 0.3 is 0 Å². The Bertz CT molecular complexity index is 345. The standard InChI is InChI=1S/C10H12FN3/c11-8-5-12-2-1-9(8)14-10-6-3-13-4-7(6)10/h1-2,5-7,10,13H,3-4H2,(H,12,14). The van der Waals surface area contributed by atoms with E-state index >= 15 is 0 Å². The van der Waals surface area contributed by atoms with Crippen molar-refractivity contribution in [1.82, 2.24) is 10.3 Å². The lowest BCUT2D eigenvalue weighted by Crippen LogP contribution is -2.21. The quantitative estimate of drug-likeness (QED) is 0.731. The molecule has 3 nitrogen and oxygen atoms in total. The van der Waals surface area contributed by atoms with Gasteiger partial charge in [-0.2, -0.15) is 0 Å². The highest BCUT2D eigenvalue weighted by Crippen LogP contribution is 2.43. The van der Waals surface area contributed by atoms with Crippen LogP contribution < -0.4 is 10.6 Å². The van der Waals surface area contributed by atoms with Crippen LogP contribution in [0.4, 0.5) is 10.1 Å². The molecule has 2 unspecified atom stereocenters. The second-order valence-electron chi connectivity index (χ2n) is 4.01. The van der Waals surface area contributed by atoms with Gasteiger partial charge in [-0.3, -0.25) is 4.98 Å². The van der Waals surface area contributed by atoms with Crippen LogP contribution in [0, 0.1) is 17.7 Å². The van der Waals surface area contributed by atoms with E-state index in [-0.39, 0.29) is 5.82 Å². The molecule has 0 aromatic carbocycles. The SMILES string of the molecule is Fc1cnccc1NC1C2CNCC21. The van der Waals surface area contributed by atoms with Crippen LogP contribution in [0.2, 0.25) is 0 Å². The molecule has 2 heterocycles. The van der Waals surface area contributed by atoms with Crippen molar-refractivity contribution in [3.63, 3.8) is 0 Å². The van der Waals surface area contributed by atoms with Gasteiger partial charge in [-0.15, -0.1) is 0 Å². The number of rotatable bonds is 2. The number of aromatic nitrogens is 1. The zero-order valence-corrected chi connectivity index (χ0v) is 7.70. The molecule has 0 bridgehead atoms. The summed E-state index contributed by atoms with van der Waals surface area (Å²) in [5.74, 6) is 1.13. The van der Waals surface area contributed by atoms with E-state index in [9.17, 15) is 4.39 Å². The van der Waals surface area contributed by atoms with Crippen molar-refractivity contribution in [1.29, 1.82) is 0 Å². The molecular formula is C10H12FN3. The van der Waals surface area contributed by atoms with E-state index < -0.39 is 0 Å². The molecule has 14 heavy (non-hydrogen) atoms. The van der Waals surface area contributed by atoms with Crippen LogP contribution in [0.3, 0.4) is 0 Å². The molecule has 0 amide bonds. The lowest BCUT2D eigenvalue weighted by Gasteiger charge is -2.08. The molecule has 0 radical (unpaired) electrons. The number of hydrogen-bond donors (Lipinski definition) is 2. The Morgan fingerprint density at radius 2 is 2.21 bits per heavy atom. The summed E-state index contributed by atoms with van der Waals surface area (Å²) in [5, 5.41) is 6.54. The highest BCUT2D eigenvalue weighted by molar-refractivity contribution is 5.46. The van der Waals surface area contributed by atoms with Crippen molar-refractivity contribution < 1.29 is 4.39 Å². The smallest absolute Gasteiger partial charge is 0.164 e. The van der Waals surface area contributed by atoms with Crippen molar-refractivity contribution >= 4 is 5.69 Å². The number of pyridine rings is 1. The fraction of sp³-hybridized carbons (Fsp3) is 0.500. The monoisotopic (exact) mass is 193 g/mol. The second-order valence-corrected chi connectivity index (χ2v) is 4.01. The van der Waals surface area contributed by atoms with Gasteiger partial charge in [-0.1, -0.05) is 0 Å². The Morgan fingerprint density at radius 1 is 1.43 bits per heavy atom. The topological polar surface area (TPSA) is 37.0 Å². The fourth-order valence-electron chi connectivity index (χ4n) is 2.30. The first kappa shape index (κ1) is 8.17. The Hall–Kier alpha value is -1.16. The molecule has 1 saturated heterocycles. The van der Waals surface area contributed by atoms with Gasteiger partial charge in [0.15, 0.2) is 5.82 Å². The first-order chi connectivity index (χ1) is 6.86. The average molecular weight is 193 g/mol. The molecule has 2 N–H and O–H groups in total. The fourth-order valence-corrected chi connectivity index (χ4v) is 2.30. The number of nitrogens with one attached hydrogen (secondary N) is 2. The first-order valence-corrected chi connectivity index (χ1v) is 4.93. The number of halogens is 1. The highest BCUT2D eigenvalue weighted by Gasteiger charge is 2.53. The summed E-state index contributed by atoms with van der Waals surface area (Å²) >= 11 is 0. The van der Waals surface area contributed by atoms with E-state index in [1.54, 1.807) is 12.3 Å². The van der Waals surface area contributed by atoms with Crippen molar-refractivity contribution in [3.8, 4) is 0 Å². The Kier molecular flexibility index (Phi) is 1.70. The van der Waals surface area contributed by atoms with E-state index in [1.807, 2.05) is 0 Å². The summed E-state index contributed by atoms with van der Waals surface area (Å²) in [6.45, 7) is 2.13. The number of fused-ring (bicyclic) bond motifs is 1. The summed E-state index contributed by atoms with van der Waals surface area (Å²) in [6.07, 6.45) is 2.86. The largest absolute Gasteiger partial charge is 0.379 e. The second kappa shape index (κ2) is 2.92. The molecule has 4 heteroatoms. The maximum Gasteiger partial charge on any atom is 0.164 e. The minimum atomic E-state index is -0.259. The molecule has 1 saturated carbocycles. The minimum Gasteiger partial charge on any atom is -0.379 e. The predicted octanol–water partition coefficient (Wildman–Crippen LogP) is 0.850. The average Bonchev–Trinajstić information content (AvgIpc) is 2.64. The molecule has 3 rings (SSSR count). The van der Waals surface area contributed by atoms with Crippen molar-refractivity contribution in [3.05, 3.63) is 24.3 Å². The van der Waals surface area contributed by atoms with Gasteiger partial charge in [-0.25, -0.2) is 4.39 Å². The number of hydrogen-bond acceptors (Lipinski definition) is 3. The van der Waals surface area contributed by atoms with Crippen molar-refractivity contribution in [2.45, 2.75) is 6.04 Å². The Labute approximate surface area is 81.7 Å². The number of piperidine rings is 1. The summed E-state index contributed by atoms with van der Waals surface area (Å²) in [7, 11) is 0. The normalized spacial score (nSPS) is 33.9. The van der Waals surface area contributed by atoms with Gasteiger partial charge in [0.25, 0.3) is 0 Å². The Balaban J connectivity index is 1.71. The third-order valence-electron chi connectivity index (χ3n) is 3.19. The highest BCUT2D eigenvalue weighted by atomic mass is 19.1. The molecule has 2 atom stereocenters. The van der Waals surface area contributed by atoms with Crippen molar-refractivity contribution in [2.75, 3.05) is 18.4 Å². The minimum absolute atomic E-state index is 0.259. The van der Waals surface area contributed by atoms with Crippen LogP contribution in [0.1, 0.15) is 0 Å². The molecule has 1 aromatic heterocycles. The molecule has 1 aromatic rings. The lowest BCUT2D eigenvalue weighted by atomic mass is 10.3. The van der Waals surface area contributed by atoms with Crippen LogP contribution >= 0.6 is 0 Å². The van der Waals surface area contributed by atoms with Crippen LogP contribution in [0.5, 0.6) is 0 Å². The molecule has 0 spiro atoms. The Morgan fingerprint density at radius 3 is 2.93 bits per heavy atom. The molecule has 1 aliphatic carbocycles. The molecular weight excluding hydrogens is 181 g/mol.